The van der Waals surface area contributed by atoms with Crippen LogP contribution in [0.1, 0.15) is 21.8 Å². The Labute approximate surface area is 148 Å². The first kappa shape index (κ1) is 15.8. The third-order valence-corrected chi connectivity index (χ3v) is 5.22. The van der Waals surface area contributed by atoms with E-state index in [1.165, 1.54) is 11.3 Å². The zero-order valence-electron chi connectivity index (χ0n) is 13.7. The molecular formula is C17H17N5O2S. The molecule has 1 aliphatic heterocycles. The topological polar surface area (TPSA) is 73.1 Å². The lowest BCUT2D eigenvalue weighted by Crippen LogP contribution is -2.30. The maximum absolute atomic E-state index is 12.9. The van der Waals surface area contributed by atoms with Crippen LogP contribution in [0.4, 0.5) is 0 Å². The molecule has 1 fully saturated rings. The number of nitrogens with zero attached hydrogens (tertiary/aromatic N) is 5. The predicted octanol–water partition coefficient (Wildman–Crippen LogP) is 2.33. The van der Waals surface area contributed by atoms with E-state index in [2.05, 4.69) is 15.0 Å². The smallest absolute Gasteiger partial charge is 0.266 e. The van der Waals surface area contributed by atoms with Crippen LogP contribution in [0.15, 0.2) is 43.1 Å². The molecule has 3 aromatic rings. The standard InChI is InChI=1S/C17H17N5O2S/c1-12-15(25-17(20-12)21-7-2-3-8-21)16(23)22-9-4-13(11-22)24-14-10-18-5-6-19-14/h2-3,5-8,10,13H,4,9,11H2,1H3. The van der Waals surface area contributed by atoms with Gasteiger partial charge in [0.15, 0.2) is 5.13 Å². The Morgan fingerprint density at radius 1 is 1.32 bits per heavy atom. The van der Waals surface area contributed by atoms with Gasteiger partial charge >= 0.3 is 0 Å². The minimum absolute atomic E-state index is 0.0126. The quantitative estimate of drug-likeness (QED) is 0.718. The van der Waals surface area contributed by atoms with E-state index >= 15 is 0 Å². The molecule has 0 N–H and O–H groups in total. The Bertz CT molecular complexity index is 863. The van der Waals surface area contributed by atoms with Crippen LogP contribution in [0.25, 0.3) is 5.13 Å². The van der Waals surface area contributed by atoms with Gasteiger partial charge in [-0.05, 0) is 19.1 Å². The van der Waals surface area contributed by atoms with Gasteiger partial charge in [-0.25, -0.2) is 9.97 Å². The molecule has 1 saturated heterocycles. The van der Waals surface area contributed by atoms with E-state index in [9.17, 15) is 4.79 Å². The van der Waals surface area contributed by atoms with Gasteiger partial charge in [0.2, 0.25) is 5.88 Å². The Balaban J connectivity index is 1.45. The summed E-state index contributed by atoms with van der Waals surface area (Å²) in [5, 5.41) is 0.803. The number of carbonyl (C=O) groups excluding carboxylic acids is 1. The first-order chi connectivity index (χ1) is 12.2. The number of aryl methyl sites for hydroxylation is 1. The van der Waals surface area contributed by atoms with E-state index in [4.69, 9.17) is 4.74 Å². The molecule has 4 rings (SSSR count). The van der Waals surface area contributed by atoms with Crippen molar-refractivity contribution in [3.05, 3.63) is 53.7 Å². The van der Waals surface area contributed by atoms with Crippen LogP contribution in [-0.2, 0) is 0 Å². The lowest BCUT2D eigenvalue weighted by atomic mass is 10.3. The highest BCUT2D eigenvalue weighted by molar-refractivity contribution is 7.16. The zero-order valence-corrected chi connectivity index (χ0v) is 14.5. The first-order valence-corrected chi connectivity index (χ1v) is 8.85. The molecule has 128 valence electrons. The first-order valence-electron chi connectivity index (χ1n) is 8.03. The molecule has 8 heteroatoms. The summed E-state index contributed by atoms with van der Waals surface area (Å²) in [6.45, 7) is 3.09. The third-order valence-electron chi connectivity index (χ3n) is 4.06. The Kier molecular flexibility index (Phi) is 4.19. The largest absolute Gasteiger partial charge is 0.471 e. The van der Waals surface area contributed by atoms with Crippen LogP contribution < -0.4 is 4.74 Å². The minimum atomic E-state index is -0.0576. The molecule has 0 spiro atoms. The van der Waals surface area contributed by atoms with Crippen molar-refractivity contribution in [2.75, 3.05) is 13.1 Å². The number of rotatable bonds is 4. The van der Waals surface area contributed by atoms with Crippen molar-refractivity contribution in [1.29, 1.82) is 0 Å². The summed E-state index contributed by atoms with van der Waals surface area (Å²) in [7, 11) is 0. The zero-order chi connectivity index (χ0) is 17.2. The highest BCUT2D eigenvalue weighted by atomic mass is 32.1. The van der Waals surface area contributed by atoms with Crippen LogP contribution >= 0.6 is 11.3 Å². The summed E-state index contributed by atoms with van der Waals surface area (Å²) in [4.78, 5) is 28.0. The average Bonchev–Trinajstić information content (AvgIpc) is 3.35. The van der Waals surface area contributed by atoms with Crippen molar-refractivity contribution in [2.45, 2.75) is 19.4 Å². The molecule has 0 radical (unpaired) electrons. The van der Waals surface area contributed by atoms with E-state index in [-0.39, 0.29) is 12.0 Å². The number of amides is 1. The summed E-state index contributed by atoms with van der Waals surface area (Å²) < 4.78 is 7.72. The van der Waals surface area contributed by atoms with E-state index in [1.807, 2.05) is 40.9 Å². The molecular weight excluding hydrogens is 338 g/mol. The molecule has 0 bridgehead atoms. The number of thiazole rings is 1. The van der Waals surface area contributed by atoms with Crippen molar-refractivity contribution >= 4 is 17.2 Å². The Hall–Kier alpha value is -2.74. The average molecular weight is 355 g/mol. The number of carbonyl (C=O) groups is 1. The second-order valence-electron chi connectivity index (χ2n) is 5.82. The summed E-state index contributed by atoms with van der Waals surface area (Å²) in [6, 6.07) is 3.88. The minimum Gasteiger partial charge on any atom is -0.471 e. The van der Waals surface area contributed by atoms with Crippen molar-refractivity contribution in [1.82, 2.24) is 24.4 Å². The fourth-order valence-corrected chi connectivity index (χ4v) is 3.82. The predicted molar refractivity (Wildman–Crippen MR) is 93.1 cm³/mol. The summed E-state index contributed by atoms with van der Waals surface area (Å²) in [5.41, 5.74) is 0.761. The van der Waals surface area contributed by atoms with E-state index in [1.54, 1.807) is 18.6 Å². The van der Waals surface area contributed by atoms with Gasteiger partial charge in [-0.15, -0.1) is 0 Å². The highest BCUT2D eigenvalue weighted by Gasteiger charge is 2.30. The molecule has 0 saturated carbocycles. The van der Waals surface area contributed by atoms with Gasteiger partial charge in [-0.1, -0.05) is 11.3 Å². The van der Waals surface area contributed by atoms with Gasteiger partial charge in [0.05, 0.1) is 18.4 Å². The maximum atomic E-state index is 12.9. The monoisotopic (exact) mass is 355 g/mol. The number of hydrogen-bond acceptors (Lipinski definition) is 6. The molecule has 0 aliphatic carbocycles. The van der Waals surface area contributed by atoms with Gasteiger partial charge in [-0.2, -0.15) is 0 Å². The van der Waals surface area contributed by atoms with Crippen molar-refractivity contribution < 1.29 is 9.53 Å². The molecule has 0 aromatic carbocycles. The number of ether oxygens (including phenoxy) is 1. The molecule has 3 aromatic heterocycles. The SMILES string of the molecule is Cc1nc(-n2cccc2)sc1C(=O)N1CCC(Oc2cnccn2)C1. The normalized spacial score (nSPS) is 17.0. The fourth-order valence-electron chi connectivity index (χ4n) is 2.82. The second-order valence-corrected chi connectivity index (χ2v) is 6.80. The van der Waals surface area contributed by atoms with E-state index < -0.39 is 0 Å². The number of aromatic nitrogens is 4. The van der Waals surface area contributed by atoms with Gasteiger partial charge in [-0.3, -0.25) is 9.78 Å². The Morgan fingerprint density at radius 3 is 2.92 bits per heavy atom. The highest BCUT2D eigenvalue weighted by Crippen LogP contribution is 2.25. The summed E-state index contributed by atoms with van der Waals surface area (Å²) in [6.07, 6.45) is 9.35. The number of likely N-dealkylation sites (tertiary alicyclic amines) is 1. The maximum Gasteiger partial charge on any atom is 0.266 e. The van der Waals surface area contributed by atoms with Gasteiger partial charge < -0.3 is 14.2 Å². The van der Waals surface area contributed by atoms with E-state index in [0.717, 1.165) is 17.2 Å². The molecule has 1 aliphatic rings. The van der Waals surface area contributed by atoms with Crippen LogP contribution in [0.2, 0.25) is 0 Å². The second kappa shape index (κ2) is 6.64. The summed E-state index contributed by atoms with van der Waals surface area (Å²) in [5.74, 6) is 0.504. The van der Waals surface area contributed by atoms with Gasteiger partial charge in [0.25, 0.3) is 5.91 Å². The molecule has 1 amide bonds. The third kappa shape index (κ3) is 3.25. The molecule has 1 atom stereocenters. The van der Waals surface area contributed by atoms with Gasteiger partial charge in [0.1, 0.15) is 11.0 Å². The van der Waals surface area contributed by atoms with E-state index in [0.29, 0.717) is 23.8 Å². The molecule has 25 heavy (non-hydrogen) atoms. The summed E-state index contributed by atoms with van der Waals surface area (Å²) >= 11 is 1.41. The van der Waals surface area contributed by atoms with Crippen LogP contribution in [0.5, 0.6) is 5.88 Å². The van der Waals surface area contributed by atoms with Gasteiger partial charge in [0, 0.05) is 37.8 Å². The van der Waals surface area contributed by atoms with Crippen LogP contribution in [0.3, 0.4) is 0 Å². The van der Waals surface area contributed by atoms with Crippen LogP contribution in [0, 0.1) is 6.92 Å². The molecule has 7 nitrogen and oxygen atoms in total. The van der Waals surface area contributed by atoms with Crippen molar-refractivity contribution in [3.8, 4) is 11.0 Å². The lowest BCUT2D eigenvalue weighted by Gasteiger charge is -2.16. The molecule has 4 heterocycles. The molecule has 1 unspecified atom stereocenters. The number of hydrogen-bond donors (Lipinski definition) is 0. The lowest BCUT2D eigenvalue weighted by molar-refractivity contribution is 0.0775. The Morgan fingerprint density at radius 2 is 2.16 bits per heavy atom. The fraction of sp³-hybridized carbons (Fsp3) is 0.294. The van der Waals surface area contributed by atoms with Crippen molar-refractivity contribution in [2.24, 2.45) is 0 Å². The van der Waals surface area contributed by atoms with Crippen LogP contribution in [-0.4, -0.2) is 49.5 Å². The van der Waals surface area contributed by atoms with Crippen molar-refractivity contribution in [3.63, 3.8) is 0 Å².